The molecule has 0 bridgehead atoms. The Kier molecular flexibility index (Phi) is 6.41. The van der Waals surface area contributed by atoms with Crippen LogP contribution in [-0.2, 0) is 6.54 Å². The number of aromatic nitrogens is 7. The molecule has 0 radical (unpaired) electrons. The Balaban J connectivity index is 1.20. The van der Waals surface area contributed by atoms with Gasteiger partial charge in [-0.1, -0.05) is 12.8 Å². The predicted molar refractivity (Wildman–Crippen MR) is 157 cm³/mol. The zero-order chi connectivity index (χ0) is 27.1. The van der Waals surface area contributed by atoms with E-state index in [9.17, 15) is 4.79 Å². The molecule has 7 rings (SSSR count). The van der Waals surface area contributed by atoms with E-state index < -0.39 is 0 Å². The number of imidazole rings is 1. The first kappa shape index (κ1) is 24.7. The van der Waals surface area contributed by atoms with Gasteiger partial charge in [-0.2, -0.15) is 5.10 Å². The van der Waals surface area contributed by atoms with Crippen molar-refractivity contribution in [3.63, 3.8) is 0 Å². The maximum atomic E-state index is 11.8. The molecule has 6 heterocycles. The lowest BCUT2D eigenvalue weighted by molar-refractivity contribution is 0.102. The molecule has 1 aliphatic carbocycles. The minimum atomic E-state index is 0.0487. The molecule has 40 heavy (non-hydrogen) atoms. The van der Waals surface area contributed by atoms with Gasteiger partial charge >= 0.3 is 0 Å². The van der Waals surface area contributed by atoms with Crippen molar-refractivity contribution in [3.8, 4) is 33.2 Å². The summed E-state index contributed by atoms with van der Waals surface area (Å²) in [5.74, 6) is 1.49. The smallest absolute Gasteiger partial charge is 0.169 e. The van der Waals surface area contributed by atoms with E-state index in [1.54, 1.807) is 25.5 Å². The van der Waals surface area contributed by atoms with Crippen molar-refractivity contribution < 1.29 is 4.79 Å². The van der Waals surface area contributed by atoms with Gasteiger partial charge in [-0.15, -0.1) is 11.3 Å². The maximum absolute atomic E-state index is 11.8. The number of carbonyl (C=O) groups excluding carboxylic acids is 1. The summed E-state index contributed by atoms with van der Waals surface area (Å²) in [5.41, 5.74) is 6.93. The molecule has 9 nitrogen and oxygen atoms in total. The van der Waals surface area contributed by atoms with E-state index in [1.165, 1.54) is 37.0 Å². The van der Waals surface area contributed by atoms with Crippen LogP contribution < -0.4 is 5.32 Å². The van der Waals surface area contributed by atoms with Gasteiger partial charge in [0.2, 0.25) is 0 Å². The van der Waals surface area contributed by atoms with Crippen LogP contribution in [0.15, 0.2) is 55.2 Å². The lowest BCUT2D eigenvalue weighted by Gasteiger charge is -2.11. The first-order chi connectivity index (χ1) is 19.6. The standard InChI is InChI=1S/C30H28N8OS/c1-17(39)26-6-7-27(40-26)22-14-33-15-25-28(22)36-30(35-25)29-21-9-23(34-16-24(21)37-38-29)20-8-19(12-32-13-20)11-31-10-18-4-2-3-5-18/h6-9,12-16,18,31H,2-5,10-11H2,1H3,(H,35,36)(H,37,38). The third-order valence-corrected chi connectivity index (χ3v) is 8.83. The number of hydrogen-bond donors (Lipinski definition) is 3. The third kappa shape index (κ3) is 4.69. The van der Waals surface area contributed by atoms with Gasteiger partial charge < -0.3 is 10.3 Å². The fraction of sp³-hybridized carbons (Fsp3) is 0.267. The van der Waals surface area contributed by atoms with Crippen LogP contribution in [0.1, 0.15) is 47.8 Å². The van der Waals surface area contributed by atoms with Crippen molar-refractivity contribution in [2.45, 2.75) is 39.2 Å². The molecule has 0 amide bonds. The van der Waals surface area contributed by atoms with Gasteiger partial charge in [-0.25, -0.2) is 4.98 Å². The molecule has 6 aromatic heterocycles. The summed E-state index contributed by atoms with van der Waals surface area (Å²) in [7, 11) is 0. The molecule has 1 aliphatic rings. The molecule has 200 valence electrons. The molecule has 0 aliphatic heterocycles. The highest BCUT2D eigenvalue weighted by Gasteiger charge is 2.18. The van der Waals surface area contributed by atoms with Gasteiger partial charge in [0, 0.05) is 46.5 Å². The van der Waals surface area contributed by atoms with Gasteiger partial charge in [0.25, 0.3) is 0 Å². The minimum absolute atomic E-state index is 0.0487. The molecule has 1 saturated carbocycles. The molecule has 0 aromatic carbocycles. The summed E-state index contributed by atoms with van der Waals surface area (Å²) in [6, 6.07) is 7.98. The number of carbonyl (C=O) groups is 1. The molecule has 6 aromatic rings. The average molecular weight is 549 g/mol. The Morgan fingerprint density at radius 1 is 1.05 bits per heavy atom. The molecule has 10 heteroatoms. The van der Waals surface area contributed by atoms with E-state index in [0.717, 1.165) is 68.2 Å². The summed E-state index contributed by atoms with van der Waals surface area (Å²) in [5, 5.41) is 12.2. The van der Waals surface area contributed by atoms with E-state index in [2.05, 4.69) is 41.5 Å². The molecular formula is C30H28N8OS. The second kappa shape index (κ2) is 10.4. The van der Waals surface area contributed by atoms with Crippen LogP contribution in [0.3, 0.4) is 0 Å². The van der Waals surface area contributed by atoms with Gasteiger partial charge in [-0.05, 0) is 62.1 Å². The molecule has 0 spiro atoms. The Morgan fingerprint density at radius 3 is 2.77 bits per heavy atom. The number of thiophene rings is 1. The highest BCUT2D eigenvalue weighted by molar-refractivity contribution is 7.17. The summed E-state index contributed by atoms with van der Waals surface area (Å²) < 4.78 is 0. The van der Waals surface area contributed by atoms with Crippen LogP contribution in [0.5, 0.6) is 0 Å². The highest BCUT2D eigenvalue weighted by atomic mass is 32.1. The number of H-pyrrole nitrogens is 2. The number of hydrogen-bond acceptors (Lipinski definition) is 8. The second-order valence-electron chi connectivity index (χ2n) is 10.4. The normalized spacial score (nSPS) is 14.0. The molecule has 1 fully saturated rings. The number of nitrogens with zero attached hydrogens (tertiary/aromatic N) is 5. The number of nitrogens with one attached hydrogen (secondary N) is 3. The molecule has 0 saturated heterocycles. The van der Waals surface area contributed by atoms with E-state index in [1.807, 2.05) is 30.6 Å². The van der Waals surface area contributed by atoms with E-state index in [4.69, 9.17) is 4.98 Å². The summed E-state index contributed by atoms with van der Waals surface area (Å²) in [4.78, 5) is 35.4. The fourth-order valence-electron chi connectivity index (χ4n) is 5.51. The summed E-state index contributed by atoms with van der Waals surface area (Å²) >= 11 is 1.45. The maximum Gasteiger partial charge on any atom is 0.169 e. The van der Waals surface area contributed by atoms with E-state index >= 15 is 0 Å². The van der Waals surface area contributed by atoms with Gasteiger partial charge in [0.1, 0.15) is 11.2 Å². The van der Waals surface area contributed by atoms with Crippen LogP contribution >= 0.6 is 11.3 Å². The van der Waals surface area contributed by atoms with Crippen LogP contribution in [0.2, 0.25) is 0 Å². The van der Waals surface area contributed by atoms with E-state index in [0.29, 0.717) is 16.4 Å². The van der Waals surface area contributed by atoms with Crippen LogP contribution in [-0.4, -0.2) is 47.4 Å². The highest BCUT2D eigenvalue weighted by Crippen LogP contribution is 2.35. The lowest BCUT2D eigenvalue weighted by atomic mass is 10.1. The van der Waals surface area contributed by atoms with Crippen LogP contribution in [0.25, 0.3) is 55.2 Å². The minimum Gasteiger partial charge on any atom is -0.335 e. The monoisotopic (exact) mass is 548 g/mol. The summed E-state index contributed by atoms with van der Waals surface area (Å²) in [6.07, 6.45) is 14.5. The van der Waals surface area contributed by atoms with Crippen molar-refractivity contribution >= 4 is 39.1 Å². The van der Waals surface area contributed by atoms with Gasteiger partial charge in [0.15, 0.2) is 11.6 Å². The molecule has 3 N–H and O–H groups in total. The third-order valence-electron chi connectivity index (χ3n) is 7.61. The second-order valence-corrected chi connectivity index (χ2v) is 11.5. The van der Waals surface area contributed by atoms with Crippen molar-refractivity contribution in [2.24, 2.45) is 5.92 Å². The predicted octanol–water partition coefficient (Wildman–Crippen LogP) is 6.17. The van der Waals surface area contributed by atoms with Crippen LogP contribution in [0.4, 0.5) is 0 Å². The Hall–Kier alpha value is -4.28. The van der Waals surface area contributed by atoms with Gasteiger partial charge in [-0.3, -0.25) is 24.8 Å². The van der Waals surface area contributed by atoms with Gasteiger partial charge in [0.05, 0.1) is 34.0 Å². The van der Waals surface area contributed by atoms with Crippen molar-refractivity contribution in [1.82, 2.24) is 40.4 Å². The SMILES string of the molecule is CC(=O)c1ccc(-c2cncc3[nH]c(-c4n[nH]c5cnc(-c6cncc(CNCC7CCCC7)c6)cc45)nc23)s1. The van der Waals surface area contributed by atoms with Crippen molar-refractivity contribution in [3.05, 3.63) is 65.7 Å². The average Bonchev–Trinajstić information content (AvgIpc) is 3.78. The quantitative estimate of drug-likeness (QED) is 0.194. The largest absolute Gasteiger partial charge is 0.335 e. The zero-order valence-corrected chi connectivity index (χ0v) is 22.9. The molecule has 0 unspecified atom stereocenters. The number of rotatable bonds is 8. The number of aromatic amines is 2. The Labute approximate surface area is 234 Å². The Bertz CT molecular complexity index is 1850. The first-order valence-electron chi connectivity index (χ1n) is 13.6. The Morgan fingerprint density at radius 2 is 1.93 bits per heavy atom. The lowest BCUT2D eigenvalue weighted by Crippen LogP contribution is -2.20. The fourth-order valence-corrected chi connectivity index (χ4v) is 6.42. The topological polar surface area (TPSA) is 125 Å². The molecule has 0 atom stereocenters. The number of pyridine rings is 3. The number of ketones is 1. The molecular weight excluding hydrogens is 520 g/mol. The zero-order valence-electron chi connectivity index (χ0n) is 22.1. The van der Waals surface area contributed by atoms with Crippen molar-refractivity contribution in [1.29, 1.82) is 0 Å². The van der Waals surface area contributed by atoms with Crippen LogP contribution in [0, 0.1) is 5.92 Å². The number of Topliss-reactive ketones (excluding diaryl/α,β-unsaturated/α-hetero) is 1. The van der Waals surface area contributed by atoms with E-state index in [-0.39, 0.29) is 5.78 Å². The number of fused-ring (bicyclic) bond motifs is 2. The summed E-state index contributed by atoms with van der Waals surface area (Å²) in [6.45, 7) is 3.43. The first-order valence-corrected chi connectivity index (χ1v) is 14.4. The van der Waals surface area contributed by atoms with Crippen molar-refractivity contribution in [2.75, 3.05) is 6.54 Å².